The summed E-state index contributed by atoms with van der Waals surface area (Å²) in [6.07, 6.45) is 0. The predicted octanol–water partition coefficient (Wildman–Crippen LogP) is 3.03. The molecule has 0 spiro atoms. The Kier molecular flexibility index (Phi) is 5.34. The fraction of sp³-hybridized carbons (Fsp3) is 0.154. The van der Waals surface area contributed by atoms with Gasteiger partial charge >= 0.3 is 5.97 Å². The summed E-state index contributed by atoms with van der Waals surface area (Å²) in [6.45, 7) is 2.84. The van der Waals surface area contributed by atoms with Gasteiger partial charge in [-0.2, -0.15) is 27.5 Å². The third-order valence-electron chi connectivity index (χ3n) is 2.34. The van der Waals surface area contributed by atoms with E-state index in [1.807, 2.05) is 0 Å². The van der Waals surface area contributed by atoms with Crippen LogP contribution in [0.4, 0.5) is 17.6 Å². The number of nitrogens with zero attached hydrogens (tertiary/aromatic N) is 2. The number of hydrogen-bond acceptors (Lipinski definition) is 3. The lowest BCUT2D eigenvalue weighted by Crippen LogP contribution is -2.05. The van der Waals surface area contributed by atoms with Crippen molar-refractivity contribution >= 4 is 5.97 Å². The van der Waals surface area contributed by atoms with Gasteiger partial charge in [0.1, 0.15) is 5.56 Å². The van der Waals surface area contributed by atoms with Gasteiger partial charge in [0.05, 0.1) is 0 Å². The molecule has 2 rings (SSSR count). The third kappa shape index (κ3) is 4.51. The molecule has 0 radical (unpaired) electrons. The second-order valence-electron chi connectivity index (χ2n) is 3.98. The Morgan fingerprint density at radius 1 is 0.952 bits per heavy atom. The van der Waals surface area contributed by atoms with Crippen molar-refractivity contribution in [2.24, 2.45) is 0 Å². The lowest BCUT2D eigenvalue weighted by molar-refractivity contribution is 0.0690. The molecule has 0 saturated carbocycles. The zero-order valence-corrected chi connectivity index (χ0v) is 11.0. The Balaban J connectivity index is 0.000000219. The lowest BCUT2D eigenvalue weighted by Gasteiger charge is -1.98. The smallest absolute Gasteiger partial charge is 0.340 e. The number of rotatable bonds is 1. The number of carboxylic acids is 1. The van der Waals surface area contributed by atoms with Gasteiger partial charge in [-0.05, 0) is 26.0 Å². The fourth-order valence-electron chi connectivity index (χ4n) is 1.20. The first kappa shape index (κ1) is 16.5. The highest BCUT2D eigenvalue weighted by molar-refractivity contribution is 5.87. The van der Waals surface area contributed by atoms with E-state index in [-0.39, 0.29) is 5.56 Å². The Labute approximate surface area is 117 Å². The van der Waals surface area contributed by atoms with E-state index in [2.05, 4.69) is 9.97 Å². The van der Waals surface area contributed by atoms with Crippen molar-refractivity contribution in [3.63, 3.8) is 0 Å². The van der Waals surface area contributed by atoms with Gasteiger partial charge in [0.25, 0.3) is 0 Å². The van der Waals surface area contributed by atoms with E-state index in [9.17, 15) is 22.4 Å². The second-order valence-corrected chi connectivity index (χ2v) is 3.98. The van der Waals surface area contributed by atoms with E-state index in [1.54, 1.807) is 0 Å². The first-order valence-corrected chi connectivity index (χ1v) is 5.57. The van der Waals surface area contributed by atoms with Gasteiger partial charge < -0.3 is 5.11 Å². The van der Waals surface area contributed by atoms with E-state index in [0.29, 0.717) is 5.56 Å². The van der Waals surface area contributed by atoms with Gasteiger partial charge in [-0.3, -0.25) is 0 Å². The van der Waals surface area contributed by atoms with Crippen LogP contribution in [0.25, 0.3) is 0 Å². The zero-order valence-electron chi connectivity index (χ0n) is 11.0. The molecule has 0 aliphatic heterocycles. The number of hydrogen-bond donors (Lipinski definition) is 1. The molecule has 8 heteroatoms. The minimum absolute atomic E-state index is 0.00815. The summed E-state index contributed by atoms with van der Waals surface area (Å²) in [5.74, 6) is -5.26. The molecule has 0 saturated heterocycles. The van der Waals surface area contributed by atoms with Gasteiger partial charge in [-0.25, -0.2) is 4.79 Å². The summed E-state index contributed by atoms with van der Waals surface area (Å²) >= 11 is 0. The van der Waals surface area contributed by atoms with Crippen molar-refractivity contribution < 1.29 is 27.5 Å². The molecule has 2 aromatic rings. The highest BCUT2D eigenvalue weighted by Gasteiger charge is 2.14. The summed E-state index contributed by atoms with van der Waals surface area (Å²) in [5, 5.41) is 8.38. The molecule has 0 aromatic carbocycles. The normalized spacial score (nSPS) is 9.81. The Morgan fingerprint density at radius 3 is 2.00 bits per heavy atom. The number of aromatic carboxylic acids is 1. The van der Waals surface area contributed by atoms with Crippen LogP contribution < -0.4 is 0 Å². The van der Waals surface area contributed by atoms with E-state index >= 15 is 0 Å². The predicted molar refractivity (Wildman–Crippen MR) is 64.7 cm³/mol. The first-order valence-electron chi connectivity index (χ1n) is 5.57. The molecule has 2 aromatic heterocycles. The highest BCUT2D eigenvalue weighted by atomic mass is 19.1. The molecule has 21 heavy (non-hydrogen) atoms. The molecular weight excluding hydrogens is 292 g/mol. The Bertz CT molecular complexity index is 677. The van der Waals surface area contributed by atoms with Crippen LogP contribution in [0.15, 0.2) is 18.2 Å². The maximum Gasteiger partial charge on any atom is 0.340 e. The van der Waals surface area contributed by atoms with Crippen LogP contribution in [-0.2, 0) is 0 Å². The summed E-state index contributed by atoms with van der Waals surface area (Å²) < 4.78 is 49.3. The van der Waals surface area contributed by atoms with Crippen LogP contribution in [0.1, 0.15) is 21.5 Å². The molecule has 0 amide bonds. The van der Waals surface area contributed by atoms with E-state index in [0.717, 1.165) is 12.1 Å². The molecule has 4 nitrogen and oxygen atoms in total. The lowest BCUT2D eigenvalue weighted by atomic mass is 10.2. The Hall–Kier alpha value is -2.51. The molecule has 1 N–H and O–H groups in total. The largest absolute Gasteiger partial charge is 0.478 e. The molecule has 112 valence electrons. The summed E-state index contributed by atoms with van der Waals surface area (Å²) in [4.78, 5) is 16.0. The van der Waals surface area contributed by atoms with Crippen LogP contribution in [-0.4, -0.2) is 21.0 Å². The topological polar surface area (TPSA) is 63.1 Å². The number of carboxylic acid groups (broad SMARTS) is 1. The molecular formula is C13H10F4N2O2. The average molecular weight is 302 g/mol. The molecule has 2 heterocycles. The van der Waals surface area contributed by atoms with Crippen molar-refractivity contribution in [3.8, 4) is 0 Å². The maximum atomic E-state index is 12.5. The van der Waals surface area contributed by atoms with Crippen LogP contribution >= 0.6 is 0 Å². The molecule has 0 fully saturated rings. The maximum absolute atomic E-state index is 12.5. The van der Waals surface area contributed by atoms with Gasteiger partial charge in [0, 0.05) is 11.1 Å². The minimum atomic E-state index is -1.46. The quantitative estimate of drug-likeness (QED) is 0.649. The first-order chi connectivity index (χ1) is 9.72. The number of aromatic nitrogens is 2. The molecule has 0 aliphatic carbocycles. The number of carbonyl (C=O) groups is 1. The number of halogens is 4. The van der Waals surface area contributed by atoms with E-state index < -0.39 is 35.3 Å². The standard InChI is InChI=1S/C7H5F2NO2.C6H5F2N/c1-3-2-4(7(11)12)6(9)10-5(3)8;1-4-2-3-5(7)9-6(4)8/h2H,1H3,(H,11,12);2-3H,1H3. The molecule has 0 aliphatic rings. The molecule has 0 atom stereocenters. The fourth-order valence-corrected chi connectivity index (χ4v) is 1.20. The Morgan fingerprint density at radius 2 is 1.52 bits per heavy atom. The van der Waals surface area contributed by atoms with Crippen LogP contribution in [0, 0.1) is 37.6 Å². The summed E-state index contributed by atoms with van der Waals surface area (Å²) in [6, 6.07) is 3.37. The molecule has 0 unspecified atom stereocenters. The van der Waals surface area contributed by atoms with Gasteiger partial charge in [0.15, 0.2) is 0 Å². The van der Waals surface area contributed by atoms with Crippen molar-refractivity contribution in [1.82, 2.24) is 9.97 Å². The van der Waals surface area contributed by atoms with Crippen LogP contribution in [0.5, 0.6) is 0 Å². The monoisotopic (exact) mass is 302 g/mol. The van der Waals surface area contributed by atoms with E-state index in [4.69, 9.17) is 5.11 Å². The summed E-state index contributed by atoms with van der Waals surface area (Å²) in [5.41, 5.74) is -0.251. The number of aryl methyl sites for hydroxylation is 2. The van der Waals surface area contributed by atoms with Gasteiger partial charge in [0.2, 0.25) is 23.8 Å². The SMILES string of the molecule is Cc1cc(C(=O)O)c(F)nc1F.Cc1ccc(F)nc1F. The van der Waals surface area contributed by atoms with Gasteiger partial charge in [-0.15, -0.1) is 0 Å². The second kappa shape index (κ2) is 6.78. The van der Waals surface area contributed by atoms with E-state index in [1.165, 1.54) is 19.9 Å². The molecule has 0 bridgehead atoms. The van der Waals surface area contributed by atoms with Gasteiger partial charge in [-0.1, -0.05) is 6.07 Å². The van der Waals surface area contributed by atoms with Crippen molar-refractivity contribution in [2.75, 3.05) is 0 Å². The number of pyridine rings is 2. The zero-order chi connectivity index (χ0) is 16.2. The summed E-state index contributed by atoms with van der Waals surface area (Å²) in [7, 11) is 0. The van der Waals surface area contributed by atoms with Crippen molar-refractivity contribution in [1.29, 1.82) is 0 Å². The third-order valence-corrected chi connectivity index (χ3v) is 2.34. The minimum Gasteiger partial charge on any atom is -0.478 e. The van der Waals surface area contributed by atoms with Crippen molar-refractivity contribution in [3.05, 3.63) is 58.7 Å². The van der Waals surface area contributed by atoms with Crippen molar-refractivity contribution in [2.45, 2.75) is 13.8 Å². The highest BCUT2D eigenvalue weighted by Crippen LogP contribution is 2.10. The average Bonchev–Trinajstić information content (AvgIpc) is 2.39. The van der Waals surface area contributed by atoms with Crippen LogP contribution in [0.2, 0.25) is 0 Å². The van der Waals surface area contributed by atoms with Crippen LogP contribution in [0.3, 0.4) is 0 Å².